The van der Waals surface area contributed by atoms with E-state index in [4.69, 9.17) is 70.6 Å². The van der Waals surface area contributed by atoms with Gasteiger partial charge in [0.1, 0.15) is 0 Å². The molecular weight excluding hydrogens is 161 g/mol. The minimum Gasteiger partial charge on any atom is -0.409 e. The van der Waals surface area contributed by atoms with Crippen molar-refractivity contribution in [3.63, 3.8) is 0 Å². The van der Waals surface area contributed by atoms with Crippen molar-refractivity contribution in [2.24, 2.45) is 0 Å². The Morgan fingerprint density at radius 1 is 0.571 bits per heavy atom. The van der Waals surface area contributed by atoms with Crippen LogP contribution in [0.25, 0.3) is 0 Å². The van der Waals surface area contributed by atoms with Gasteiger partial charge in [0, 0.05) is 0 Å². The molecule has 0 aliphatic carbocycles. The van der Waals surface area contributed by atoms with Gasteiger partial charge in [0.25, 0.3) is 0 Å². The van der Waals surface area contributed by atoms with Crippen LogP contribution < -0.4 is 0 Å². The molecule has 1 N–H and O–H groups in total. The second-order valence-corrected chi connectivity index (χ2v) is 3.50. The topological polar surface area (TPSA) is 20.2 Å². The summed E-state index contributed by atoms with van der Waals surface area (Å²) in [4.78, 5) is 0. The molecule has 0 aromatic rings. The van der Waals surface area contributed by atoms with Crippen molar-refractivity contribution in [2.75, 3.05) is 0 Å². The zero-order valence-electron chi connectivity index (χ0n) is 7.64. The zero-order chi connectivity index (χ0) is 12.0. The Hall–Kier alpha value is 0.544. The molecule has 1 nitrogen and oxygen atoms in total. The highest BCUT2D eigenvalue weighted by molar-refractivity contribution is 6.71. The van der Waals surface area contributed by atoms with E-state index in [1.165, 1.54) is 0 Å². The van der Waals surface area contributed by atoms with Crippen molar-refractivity contribution >= 4 is 70.6 Å². The van der Waals surface area contributed by atoms with Crippen LogP contribution in [-0.2, 0) is 0 Å². The monoisotopic (exact) mass is 164 g/mol. The average molecular weight is 162 g/mol. The molecule has 0 amide bonds. The van der Waals surface area contributed by atoms with Crippen molar-refractivity contribution in [3.05, 3.63) is 0 Å². The van der Waals surface area contributed by atoms with Gasteiger partial charge in [-0.05, 0) is 5.40 Å². The molecule has 18 radical (unpaired) electrons. The van der Waals surface area contributed by atoms with Gasteiger partial charge in [-0.3, -0.25) is 0 Å². The maximum absolute atomic E-state index is 9.36. The lowest BCUT2D eigenvalue weighted by Crippen LogP contribution is -2.58. The molecule has 0 aliphatic heterocycles. The molecular formula is C4HB9O. The molecule has 0 atom stereocenters. The summed E-state index contributed by atoms with van der Waals surface area (Å²) < 4.78 is 0. The largest absolute Gasteiger partial charge is 0.409 e. The summed E-state index contributed by atoms with van der Waals surface area (Å²) in [6.45, 7) is 0. The predicted octanol–water partition coefficient (Wildman–Crippen LogP) is -3.54. The van der Waals surface area contributed by atoms with E-state index in [9.17, 15) is 5.11 Å². The highest BCUT2D eigenvalue weighted by Crippen LogP contribution is 2.59. The number of aliphatic hydroxyl groups is 1. The summed E-state index contributed by atoms with van der Waals surface area (Å²) >= 11 is 0. The molecule has 0 aliphatic rings. The summed E-state index contributed by atoms with van der Waals surface area (Å²) in [5.41, 5.74) is 0. The molecule has 0 rings (SSSR count). The second kappa shape index (κ2) is 3.54. The lowest BCUT2D eigenvalue weighted by molar-refractivity contribution is 0.153. The van der Waals surface area contributed by atoms with Crippen molar-refractivity contribution in [2.45, 2.75) is 20.9 Å². The van der Waals surface area contributed by atoms with Crippen LogP contribution in [0.3, 0.4) is 0 Å². The quantitative estimate of drug-likeness (QED) is 0.426. The summed E-state index contributed by atoms with van der Waals surface area (Å²) in [7, 11) is 47.2. The van der Waals surface area contributed by atoms with E-state index in [1.807, 2.05) is 0 Å². The number of hydrogen-bond acceptors (Lipinski definition) is 1. The van der Waals surface area contributed by atoms with E-state index >= 15 is 0 Å². The van der Waals surface area contributed by atoms with E-state index in [2.05, 4.69) is 0 Å². The van der Waals surface area contributed by atoms with Crippen LogP contribution >= 0.6 is 0 Å². The first-order valence-electron chi connectivity index (χ1n) is 3.57. The van der Waals surface area contributed by atoms with Gasteiger partial charge in [-0.2, -0.15) is 0 Å². The van der Waals surface area contributed by atoms with Crippen molar-refractivity contribution in [1.29, 1.82) is 0 Å². The van der Waals surface area contributed by atoms with Gasteiger partial charge in [0.05, 0.1) is 70.6 Å². The van der Waals surface area contributed by atoms with E-state index in [1.54, 1.807) is 0 Å². The van der Waals surface area contributed by atoms with E-state index in [-0.39, 0.29) is 0 Å². The molecule has 0 spiro atoms. The van der Waals surface area contributed by atoms with Crippen LogP contribution in [0.2, 0.25) is 15.5 Å². The van der Waals surface area contributed by atoms with Crippen molar-refractivity contribution < 1.29 is 5.11 Å². The van der Waals surface area contributed by atoms with Crippen LogP contribution in [-0.4, -0.2) is 81.1 Å². The Kier molecular flexibility index (Phi) is 3.68. The molecule has 0 fully saturated rings. The van der Waals surface area contributed by atoms with Gasteiger partial charge < -0.3 is 5.11 Å². The normalized spacial score (nSPS) is 15.2. The number of rotatable bonds is 3. The Labute approximate surface area is 97.0 Å². The molecule has 0 aromatic heterocycles. The Balaban J connectivity index is 5.54. The molecule has 14 heavy (non-hydrogen) atoms. The van der Waals surface area contributed by atoms with E-state index in [0.717, 1.165) is 0 Å². The molecule has 0 heterocycles. The Morgan fingerprint density at radius 2 is 0.786 bits per heavy atom. The number of hydrogen-bond donors (Lipinski definition) is 1. The van der Waals surface area contributed by atoms with Gasteiger partial charge in [0.15, 0.2) is 0 Å². The highest BCUT2D eigenvalue weighted by Gasteiger charge is 2.50. The van der Waals surface area contributed by atoms with Crippen LogP contribution in [0.5, 0.6) is 0 Å². The average Bonchev–Trinajstić information content (AvgIpc) is 1.77. The lowest BCUT2D eigenvalue weighted by Gasteiger charge is -2.62. The molecule has 0 bridgehead atoms. The van der Waals surface area contributed by atoms with Crippen LogP contribution in [0.1, 0.15) is 0 Å². The fourth-order valence-corrected chi connectivity index (χ4v) is 1.07. The van der Waals surface area contributed by atoms with Gasteiger partial charge >= 0.3 is 0 Å². The third-order valence-corrected chi connectivity index (χ3v) is 2.00. The van der Waals surface area contributed by atoms with Crippen LogP contribution in [0, 0.1) is 0 Å². The maximum atomic E-state index is 9.36. The highest BCUT2D eigenvalue weighted by atomic mass is 16.3. The SMILES string of the molecule is [B]C([B])([B])C([B])(C([B])([B])[B])C([B])([B])O. The molecule has 0 unspecified atom stereocenters. The smallest absolute Gasteiger partial charge is 0.0985 e. The Morgan fingerprint density at radius 3 is 0.786 bits per heavy atom. The van der Waals surface area contributed by atoms with Gasteiger partial charge in [0.2, 0.25) is 0 Å². The lowest BCUT2D eigenvalue weighted by atomic mass is 9.10. The van der Waals surface area contributed by atoms with Crippen molar-refractivity contribution in [1.82, 2.24) is 0 Å². The fourth-order valence-electron chi connectivity index (χ4n) is 1.07. The summed E-state index contributed by atoms with van der Waals surface area (Å²) in [6, 6.07) is 0. The first-order chi connectivity index (χ1) is 5.75. The van der Waals surface area contributed by atoms with E-state index in [0.29, 0.717) is 0 Å². The van der Waals surface area contributed by atoms with Crippen LogP contribution in [0.15, 0.2) is 0 Å². The maximum Gasteiger partial charge on any atom is 0.0985 e. The second-order valence-electron chi connectivity index (χ2n) is 3.50. The molecule has 0 saturated heterocycles. The third-order valence-electron chi connectivity index (χ3n) is 2.00. The zero-order valence-corrected chi connectivity index (χ0v) is 7.64. The molecule has 0 saturated carbocycles. The van der Waals surface area contributed by atoms with Gasteiger partial charge in [-0.15, -0.1) is 10.2 Å². The minimum absolute atomic E-state index is 2.27. The summed E-state index contributed by atoms with van der Waals surface area (Å²) in [6.07, 6.45) is 0. The van der Waals surface area contributed by atoms with Gasteiger partial charge in [-0.1, -0.05) is 5.31 Å². The third kappa shape index (κ3) is 2.20. The Bertz CT molecular complexity index is 170. The standard InChI is InChI=1S/C4HB9O/c5-1(2(6,7)8,3(9,10)11)4(12,13)14/h14H. The first kappa shape index (κ1) is 14.5. The summed E-state index contributed by atoms with van der Waals surface area (Å²) in [5, 5.41) is -0.249. The first-order valence-corrected chi connectivity index (χ1v) is 3.57. The van der Waals surface area contributed by atoms with Crippen LogP contribution in [0.4, 0.5) is 0 Å². The predicted molar refractivity (Wildman–Crippen MR) is 64.8 cm³/mol. The molecule has 50 valence electrons. The van der Waals surface area contributed by atoms with E-state index < -0.39 is 20.9 Å². The van der Waals surface area contributed by atoms with Gasteiger partial charge in [-0.25, -0.2) is 0 Å². The summed E-state index contributed by atoms with van der Waals surface area (Å²) in [5.74, 6) is 0. The minimum atomic E-state index is -2.65. The fraction of sp³-hybridized carbons (Fsp3) is 1.00. The molecule has 0 aromatic carbocycles. The van der Waals surface area contributed by atoms with Crippen molar-refractivity contribution in [3.8, 4) is 0 Å². The molecule has 10 heteroatoms.